The number of hydrogen-bond donors (Lipinski definition) is 1. The summed E-state index contributed by atoms with van der Waals surface area (Å²) in [6, 6.07) is 13.6. The fourth-order valence-electron chi connectivity index (χ4n) is 3.77. The first-order chi connectivity index (χ1) is 15.0. The van der Waals surface area contributed by atoms with Crippen molar-refractivity contribution in [3.05, 3.63) is 65.2 Å². The Bertz CT molecular complexity index is 981. The molecule has 0 radical (unpaired) electrons. The molecule has 2 aromatic rings. The number of benzene rings is 2. The number of ketones is 1. The van der Waals surface area contributed by atoms with Gasteiger partial charge in [0.25, 0.3) is 11.7 Å². The fraction of sp³-hybridized carbons (Fsp3) is 0.360. The van der Waals surface area contributed by atoms with Crippen molar-refractivity contribution in [1.29, 1.82) is 0 Å². The second kappa shape index (κ2) is 10.2. The molecule has 1 fully saturated rings. The molecule has 1 aliphatic rings. The standard InChI is InChI=1S/C25H29NO5/c1-4-6-14-26-22(17-10-9-11-18(16-17)31-15-5-2)21(24(28)25(26)29)23(27)19-12-7-8-13-20(19)30-3/h7-13,16,22,27H,4-6,14-15H2,1-3H3/b23-21-. The van der Waals surface area contributed by atoms with E-state index in [2.05, 4.69) is 0 Å². The Morgan fingerprint density at radius 1 is 1.06 bits per heavy atom. The van der Waals surface area contributed by atoms with Gasteiger partial charge in [-0.3, -0.25) is 9.59 Å². The summed E-state index contributed by atoms with van der Waals surface area (Å²) in [6.07, 6.45) is 2.50. The summed E-state index contributed by atoms with van der Waals surface area (Å²) in [6.45, 7) is 5.05. The molecule has 0 bridgehead atoms. The van der Waals surface area contributed by atoms with Crippen molar-refractivity contribution >= 4 is 17.4 Å². The van der Waals surface area contributed by atoms with Crippen molar-refractivity contribution in [2.75, 3.05) is 20.3 Å². The quantitative estimate of drug-likeness (QED) is 0.359. The predicted molar refractivity (Wildman–Crippen MR) is 119 cm³/mol. The Kier molecular flexibility index (Phi) is 7.34. The Morgan fingerprint density at radius 2 is 1.84 bits per heavy atom. The molecule has 6 heteroatoms. The van der Waals surface area contributed by atoms with Crippen LogP contribution in [0.3, 0.4) is 0 Å². The van der Waals surface area contributed by atoms with Crippen LogP contribution in [0.5, 0.6) is 11.5 Å². The second-order valence-electron chi connectivity index (χ2n) is 7.47. The first kappa shape index (κ1) is 22.4. The van der Waals surface area contributed by atoms with Crippen molar-refractivity contribution in [3.63, 3.8) is 0 Å². The number of hydrogen-bond acceptors (Lipinski definition) is 5. The van der Waals surface area contributed by atoms with Crippen LogP contribution in [0.15, 0.2) is 54.1 Å². The highest BCUT2D eigenvalue weighted by molar-refractivity contribution is 6.46. The summed E-state index contributed by atoms with van der Waals surface area (Å²) in [4.78, 5) is 27.5. The summed E-state index contributed by atoms with van der Waals surface area (Å²) < 4.78 is 11.1. The molecule has 31 heavy (non-hydrogen) atoms. The number of carbonyl (C=O) groups excluding carboxylic acids is 2. The van der Waals surface area contributed by atoms with E-state index < -0.39 is 17.7 Å². The molecular formula is C25H29NO5. The van der Waals surface area contributed by atoms with Gasteiger partial charge in [0.05, 0.1) is 30.9 Å². The minimum absolute atomic E-state index is 0.0678. The highest BCUT2D eigenvalue weighted by Gasteiger charge is 2.46. The minimum Gasteiger partial charge on any atom is -0.507 e. The average Bonchev–Trinajstić information content (AvgIpc) is 3.05. The molecule has 6 nitrogen and oxygen atoms in total. The van der Waals surface area contributed by atoms with Crippen LogP contribution in [0.1, 0.15) is 50.3 Å². The zero-order valence-corrected chi connectivity index (χ0v) is 18.3. The van der Waals surface area contributed by atoms with Gasteiger partial charge in [0.2, 0.25) is 0 Å². The van der Waals surface area contributed by atoms with Crippen molar-refractivity contribution < 1.29 is 24.2 Å². The van der Waals surface area contributed by atoms with E-state index in [1.807, 2.05) is 38.1 Å². The average molecular weight is 424 g/mol. The molecule has 2 aromatic carbocycles. The maximum Gasteiger partial charge on any atom is 0.295 e. The number of nitrogens with zero attached hydrogens (tertiary/aromatic N) is 1. The van der Waals surface area contributed by atoms with Gasteiger partial charge in [-0.2, -0.15) is 0 Å². The molecule has 1 heterocycles. The summed E-state index contributed by atoms with van der Waals surface area (Å²) in [7, 11) is 1.50. The lowest BCUT2D eigenvalue weighted by atomic mass is 9.94. The number of methoxy groups -OCH3 is 1. The third-order valence-electron chi connectivity index (χ3n) is 5.30. The molecule has 1 amide bonds. The minimum atomic E-state index is -0.693. The second-order valence-corrected chi connectivity index (χ2v) is 7.47. The van der Waals surface area contributed by atoms with Crippen molar-refractivity contribution in [3.8, 4) is 11.5 Å². The van der Waals surface area contributed by atoms with Crippen LogP contribution >= 0.6 is 0 Å². The number of Topliss-reactive ketones (excluding diaryl/α,β-unsaturated/α-hetero) is 1. The number of carbonyl (C=O) groups is 2. The first-order valence-electron chi connectivity index (χ1n) is 10.7. The molecule has 164 valence electrons. The smallest absolute Gasteiger partial charge is 0.295 e. The van der Waals surface area contributed by atoms with E-state index in [9.17, 15) is 14.7 Å². The normalized spacial score (nSPS) is 17.8. The SMILES string of the molecule is CCCCN1C(=O)C(=O)/C(=C(\O)c2ccccc2OC)C1c1cccc(OCCC)c1. The van der Waals surface area contributed by atoms with Gasteiger partial charge in [-0.1, -0.05) is 44.5 Å². The van der Waals surface area contributed by atoms with Gasteiger partial charge in [-0.05, 0) is 42.7 Å². The van der Waals surface area contributed by atoms with Crippen LogP contribution in [0, 0.1) is 0 Å². The molecule has 0 aromatic heterocycles. The molecule has 0 aliphatic carbocycles. The third-order valence-corrected chi connectivity index (χ3v) is 5.30. The van der Waals surface area contributed by atoms with E-state index >= 15 is 0 Å². The van der Waals surface area contributed by atoms with Crippen LogP contribution in [-0.2, 0) is 9.59 Å². The molecule has 1 atom stereocenters. The number of para-hydroxylation sites is 1. The van der Waals surface area contributed by atoms with Crippen LogP contribution < -0.4 is 9.47 Å². The van der Waals surface area contributed by atoms with Crippen molar-refractivity contribution in [1.82, 2.24) is 4.90 Å². The van der Waals surface area contributed by atoms with Gasteiger partial charge in [0, 0.05) is 6.54 Å². The Labute approximate surface area is 183 Å². The van der Waals surface area contributed by atoms with Crippen LogP contribution in [0.4, 0.5) is 0 Å². The molecular weight excluding hydrogens is 394 g/mol. The van der Waals surface area contributed by atoms with E-state index in [-0.39, 0.29) is 11.3 Å². The fourth-order valence-corrected chi connectivity index (χ4v) is 3.77. The van der Waals surface area contributed by atoms with Gasteiger partial charge in [0.15, 0.2) is 0 Å². The number of aliphatic hydroxyl groups is 1. The molecule has 3 rings (SSSR count). The lowest BCUT2D eigenvalue weighted by Crippen LogP contribution is -2.30. The van der Waals surface area contributed by atoms with Gasteiger partial charge in [-0.25, -0.2) is 0 Å². The van der Waals surface area contributed by atoms with E-state index in [1.54, 1.807) is 29.2 Å². The van der Waals surface area contributed by atoms with Gasteiger partial charge in [0.1, 0.15) is 17.3 Å². The molecule has 1 unspecified atom stereocenters. The van der Waals surface area contributed by atoms with Gasteiger partial charge in [-0.15, -0.1) is 0 Å². The van der Waals surface area contributed by atoms with E-state index in [0.717, 1.165) is 24.8 Å². The number of unbranched alkanes of at least 4 members (excludes halogenated alkanes) is 1. The van der Waals surface area contributed by atoms with Gasteiger partial charge >= 0.3 is 0 Å². The summed E-state index contributed by atoms with van der Waals surface area (Å²) >= 11 is 0. The van der Waals surface area contributed by atoms with Crippen LogP contribution in [0.25, 0.3) is 5.76 Å². The molecule has 1 N–H and O–H groups in total. The molecule has 0 saturated carbocycles. The number of ether oxygens (including phenoxy) is 2. The summed E-state index contributed by atoms with van der Waals surface area (Å²) in [5.41, 5.74) is 1.17. The van der Waals surface area contributed by atoms with Crippen LogP contribution in [0.2, 0.25) is 0 Å². The zero-order chi connectivity index (χ0) is 22.4. The summed E-state index contributed by atoms with van der Waals surface area (Å²) in [5.74, 6) is -0.435. The van der Waals surface area contributed by atoms with Gasteiger partial charge < -0.3 is 19.5 Å². The molecule has 0 spiro atoms. The highest BCUT2D eigenvalue weighted by Crippen LogP contribution is 2.41. The molecule has 1 saturated heterocycles. The Hall–Kier alpha value is -3.28. The van der Waals surface area contributed by atoms with E-state index in [1.165, 1.54) is 7.11 Å². The number of rotatable bonds is 9. The van der Waals surface area contributed by atoms with E-state index in [4.69, 9.17) is 9.47 Å². The van der Waals surface area contributed by atoms with Crippen molar-refractivity contribution in [2.45, 2.75) is 39.2 Å². The Balaban J connectivity index is 2.16. The topological polar surface area (TPSA) is 76.1 Å². The lowest BCUT2D eigenvalue weighted by molar-refractivity contribution is -0.139. The maximum atomic E-state index is 13.1. The van der Waals surface area contributed by atoms with Crippen molar-refractivity contribution in [2.24, 2.45) is 0 Å². The number of amides is 1. The highest BCUT2D eigenvalue weighted by atomic mass is 16.5. The van der Waals surface area contributed by atoms with E-state index in [0.29, 0.717) is 30.2 Å². The zero-order valence-electron chi connectivity index (χ0n) is 18.3. The summed E-state index contributed by atoms with van der Waals surface area (Å²) in [5, 5.41) is 11.2. The first-order valence-corrected chi connectivity index (χ1v) is 10.7. The lowest BCUT2D eigenvalue weighted by Gasteiger charge is -2.25. The monoisotopic (exact) mass is 423 g/mol. The number of likely N-dealkylation sites (tertiary alicyclic amines) is 1. The third kappa shape index (κ3) is 4.58. The molecule has 1 aliphatic heterocycles. The largest absolute Gasteiger partial charge is 0.507 e. The Morgan fingerprint density at radius 3 is 2.55 bits per heavy atom. The predicted octanol–water partition coefficient (Wildman–Crippen LogP) is 4.71. The number of aliphatic hydroxyl groups excluding tert-OH is 1. The maximum absolute atomic E-state index is 13.1. The van der Waals surface area contributed by atoms with Crippen LogP contribution in [-0.4, -0.2) is 42.0 Å².